The summed E-state index contributed by atoms with van der Waals surface area (Å²) in [4.78, 5) is 15.6. The van der Waals surface area contributed by atoms with Gasteiger partial charge in [0.05, 0.1) is 5.60 Å². The molecular formula is C10H17N5O2. The Morgan fingerprint density at radius 2 is 2.41 bits per heavy atom. The molecule has 2 heterocycles. The molecule has 94 valence electrons. The maximum atomic E-state index is 11.8. The average molecular weight is 239 g/mol. The zero-order chi connectivity index (χ0) is 12.5. The molecule has 1 unspecified atom stereocenters. The summed E-state index contributed by atoms with van der Waals surface area (Å²) in [6.07, 6.45) is 1.58. The molecule has 1 aromatic rings. The van der Waals surface area contributed by atoms with Gasteiger partial charge >= 0.3 is 0 Å². The van der Waals surface area contributed by atoms with Crippen LogP contribution in [0, 0.1) is 0 Å². The summed E-state index contributed by atoms with van der Waals surface area (Å²) in [6.45, 7) is 4.67. The molecule has 7 heteroatoms. The third-order valence-corrected chi connectivity index (χ3v) is 2.75. The number of nitrogens with one attached hydrogen (secondary N) is 2. The van der Waals surface area contributed by atoms with Crippen LogP contribution in [0.25, 0.3) is 0 Å². The lowest BCUT2D eigenvalue weighted by molar-refractivity contribution is -0.0615. The van der Waals surface area contributed by atoms with E-state index in [2.05, 4.69) is 20.5 Å². The third-order valence-electron chi connectivity index (χ3n) is 2.75. The van der Waals surface area contributed by atoms with E-state index in [1.54, 1.807) is 0 Å². The van der Waals surface area contributed by atoms with E-state index < -0.39 is 0 Å². The Kier molecular flexibility index (Phi) is 3.01. The lowest BCUT2D eigenvalue weighted by Gasteiger charge is -2.35. The number of H-pyrrole nitrogens is 1. The Bertz CT molecular complexity index is 415. The van der Waals surface area contributed by atoms with Crippen molar-refractivity contribution >= 4 is 11.9 Å². The Balaban J connectivity index is 1.95. The first kappa shape index (κ1) is 11.8. The van der Waals surface area contributed by atoms with Gasteiger partial charge in [0.2, 0.25) is 11.8 Å². The quantitative estimate of drug-likeness (QED) is 0.677. The zero-order valence-electron chi connectivity index (χ0n) is 9.99. The fourth-order valence-corrected chi connectivity index (χ4v) is 1.99. The lowest BCUT2D eigenvalue weighted by atomic mass is 9.94. The lowest BCUT2D eigenvalue weighted by Crippen LogP contribution is -2.46. The highest BCUT2D eigenvalue weighted by molar-refractivity contribution is 5.90. The van der Waals surface area contributed by atoms with E-state index in [-0.39, 0.29) is 29.3 Å². The predicted octanol–water partition coefficient (Wildman–Crippen LogP) is 0.0743. The number of ether oxygens (including phenoxy) is 1. The summed E-state index contributed by atoms with van der Waals surface area (Å²) >= 11 is 0. The van der Waals surface area contributed by atoms with Gasteiger partial charge in [-0.3, -0.25) is 9.89 Å². The standard InChI is InChI=1S/C10H17N5O2/c1-10(2)5-6(3-4-17-10)12-8(16)7-13-9(11)15-14-7/h6H,3-5H2,1-2H3,(H,12,16)(H3,11,13,14,15). The minimum Gasteiger partial charge on any atom is -0.375 e. The van der Waals surface area contributed by atoms with Gasteiger partial charge in [0, 0.05) is 12.6 Å². The van der Waals surface area contributed by atoms with Crippen LogP contribution in [0.15, 0.2) is 0 Å². The van der Waals surface area contributed by atoms with Crippen molar-refractivity contribution in [1.82, 2.24) is 20.5 Å². The molecule has 0 aromatic carbocycles. The second kappa shape index (κ2) is 4.33. The number of rotatable bonds is 2. The van der Waals surface area contributed by atoms with E-state index in [0.717, 1.165) is 12.8 Å². The molecular weight excluding hydrogens is 222 g/mol. The van der Waals surface area contributed by atoms with E-state index in [1.165, 1.54) is 0 Å². The number of nitrogens with two attached hydrogens (primary N) is 1. The number of amides is 1. The highest BCUT2D eigenvalue weighted by atomic mass is 16.5. The van der Waals surface area contributed by atoms with Crippen LogP contribution in [0.1, 0.15) is 37.3 Å². The first-order valence-corrected chi connectivity index (χ1v) is 5.59. The molecule has 1 aromatic heterocycles. The summed E-state index contributed by atoms with van der Waals surface area (Å²) in [5.74, 6) is -0.0637. The second-order valence-electron chi connectivity index (χ2n) is 4.81. The molecule has 1 amide bonds. The maximum absolute atomic E-state index is 11.8. The van der Waals surface area contributed by atoms with Gasteiger partial charge in [-0.2, -0.15) is 4.98 Å². The first-order chi connectivity index (χ1) is 7.96. The average Bonchev–Trinajstić information content (AvgIpc) is 2.63. The fourth-order valence-electron chi connectivity index (χ4n) is 1.99. The van der Waals surface area contributed by atoms with Gasteiger partial charge < -0.3 is 15.8 Å². The van der Waals surface area contributed by atoms with Crippen LogP contribution in [0.3, 0.4) is 0 Å². The highest BCUT2D eigenvalue weighted by Crippen LogP contribution is 2.23. The number of aromatic amines is 1. The number of hydrogen-bond acceptors (Lipinski definition) is 5. The van der Waals surface area contributed by atoms with Gasteiger partial charge in [-0.1, -0.05) is 0 Å². The van der Waals surface area contributed by atoms with Gasteiger partial charge in [-0.15, -0.1) is 5.10 Å². The number of hydrogen-bond donors (Lipinski definition) is 3. The molecule has 17 heavy (non-hydrogen) atoms. The fraction of sp³-hybridized carbons (Fsp3) is 0.700. The SMILES string of the molecule is CC1(C)CC(NC(=O)c2nc(N)n[nH]2)CCO1. The number of nitrogens with zero attached hydrogens (tertiary/aromatic N) is 2. The molecule has 1 aliphatic heterocycles. The molecule has 0 aliphatic carbocycles. The maximum Gasteiger partial charge on any atom is 0.288 e. The molecule has 0 radical (unpaired) electrons. The number of nitrogen functional groups attached to an aromatic ring is 1. The summed E-state index contributed by atoms with van der Waals surface area (Å²) < 4.78 is 5.58. The van der Waals surface area contributed by atoms with Gasteiger partial charge in [0.25, 0.3) is 5.91 Å². The minimum atomic E-state index is -0.281. The number of carbonyl (C=O) groups excluding carboxylic acids is 1. The van der Waals surface area contributed by atoms with Gasteiger partial charge in [-0.05, 0) is 26.7 Å². The van der Waals surface area contributed by atoms with E-state index in [4.69, 9.17) is 10.5 Å². The number of aromatic nitrogens is 3. The third kappa shape index (κ3) is 2.94. The Hall–Kier alpha value is -1.63. The first-order valence-electron chi connectivity index (χ1n) is 5.59. The van der Waals surface area contributed by atoms with Crippen molar-refractivity contribution in [3.05, 3.63) is 5.82 Å². The van der Waals surface area contributed by atoms with Crippen molar-refractivity contribution in [3.63, 3.8) is 0 Å². The molecule has 4 N–H and O–H groups in total. The van der Waals surface area contributed by atoms with Crippen LogP contribution in [-0.2, 0) is 4.74 Å². The van der Waals surface area contributed by atoms with E-state index >= 15 is 0 Å². The predicted molar refractivity (Wildman–Crippen MR) is 61.3 cm³/mol. The Labute approximate surface area is 99.1 Å². The van der Waals surface area contributed by atoms with Gasteiger partial charge in [0.15, 0.2) is 0 Å². The molecule has 1 saturated heterocycles. The summed E-state index contributed by atoms with van der Waals surface area (Å²) in [6, 6.07) is 0.0950. The van der Waals surface area contributed by atoms with Crippen LogP contribution in [0.5, 0.6) is 0 Å². The highest BCUT2D eigenvalue weighted by Gasteiger charge is 2.30. The summed E-state index contributed by atoms with van der Waals surface area (Å²) in [5, 5.41) is 9.00. The zero-order valence-corrected chi connectivity index (χ0v) is 9.99. The van der Waals surface area contributed by atoms with Crippen LogP contribution < -0.4 is 11.1 Å². The van der Waals surface area contributed by atoms with Crippen LogP contribution >= 0.6 is 0 Å². The largest absolute Gasteiger partial charge is 0.375 e. The molecule has 2 rings (SSSR count). The van der Waals surface area contributed by atoms with Crippen LogP contribution in [-0.4, -0.2) is 39.3 Å². The molecule has 1 fully saturated rings. The monoisotopic (exact) mass is 239 g/mol. The number of carbonyl (C=O) groups is 1. The van der Waals surface area contributed by atoms with E-state index in [1.807, 2.05) is 13.8 Å². The minimum absolute atomic E-state index is 0.0717. The smallest absolute Gasteiger partial charge is 0.288 e. The molecule has 0 spiro atoms. The Morgan fingerprint density at radius 3 is 3.00 bits per heavy atom. The molecule has 1 atom stereocenters. The number of anilines is 1. The van der Waals surface area contributed by atoms with Crippen molar-refractivity contribution in [1.29, 1.82) is 0 Å². The van der Waals surface area contributed by atoms with E-state index in [9.17, 15) is 4.79 Å². The topological polar surface area (TPSA) is 106 Å². The molecule has 0 bridgehead atoms. The van der Waals surface area contributed by atoms with Gasteiger partial charge in [-0.25, -0.2) is 0 Å². The normalized spacial score (nSPS) is 23.3. The van der Waals surface area contributed by atoms with Crippen LogP contribution in [0.4, 0.5) is 5.95 Å². The molecule has 0 saturated carbocycles. The van der Waals surface area contributed by atoms with Crippen molar-refractivity contribution in [3.8, 4) is 0 Å². The van der Waals surface area contributed by atoms with Crippen molar-refractivity contribution in [2.24, 2.45) is 0 Å². The van der Waals surface area contributed by atoms with Crippen LogP contribution in [0.2, 0.25) is 0 Å². The summed E-state index contributed by atoms with van der Waals surface area (Å²) in [5.41, 5.74) is 5.14. The van der Waals surface area contributed by atoms with E-state index in [0.29, 0.717) is 6.61 Å². The molecule has 1 aliphatic rings. The van der Waals surface area contributed by atoms with Crippen molar-refractivity contribution in [2.45, 2.75) is 38.3 Å². The van der Waals surface area contributed by atoms with Gasteiger partial charge in [0.1, 0.15) is 0 Å². The second-order valence-corrected chi connectivity index (χ2v) is 4.81. The summed E-state index contributed by atoms with van der Waals surface area (Å²) in [7, 11) is 0. The van der Waals surface area contributed by atoms with Crippen molar-refractivity contribution < 1.29 is 9.53 Å². The Morgan fingerprint density at radius 1 is 1.65 bits per heavy atom. The molecule has 7 nitrogen and oxygen atoms in total. The van der Waals surface area contributed by atoms with Crippen molar-refractivity contribution in [2.75, 3.05) is 12.3 Å².